The van der Waals surface area contributed by atoms with Gasteiger partial charge in [0.25, 0.3) is 0 Å². The van der Waals surface area contributed by atoms with E-state index in [0.717, 1.165) is 25.2 Å². The van der Waals surface area contributed by atoms with Gasteiger partial charge in [0.05, 0.1) is 0 Å². The molecule has 0 N–H and O–H groups in total. The molecule has 0 heterocycles. The summed E-state index contributed by atoms with van der Waals surface area (Å²) in [6.07, 6.45) is 2.11. The minimum atomic E-state index is -0.187. The van der Waals surface area contributed by atoms with Crippen LogP contribution in [-0.4, -0.2) is 62.6 Å². The minimum absolute atomic E-state index is 0. The second-order valence-electron chi connectivity index (χ2n) is 5.34. The third-order valence-corrected chi connectivity index (χ3v) is 1.81. The second-order valence-corrected chi connectivity index (χ2v) is 5.34. The van der Waals surface area contributed by atoms with Crippen LogP contribution in [0.1, 0.15) is 27.7 Å². The third-order valence-electron chi connectivity index (χ3n) is 1.81. The van der Waals surface area contributed by atoms with Gasteiger partial charge in [-0.2, -0.15) is 0 Å². The van der Waals surface area contributed by atoms with Crippen molar-refractivity contribution in [2.75, 3.05) is 41.3 Å². The Morgan fingerprint density at radius 2 is 0.957 bits per heavy atom. The summed E-state index contributed by atoms with van der Waals surface area (Å²) in [6, 6.07) is 0. The number of nitrogens with zero attached hydrogens (tertiary/aromatic N) is 2. The van der Waals surface area contributed by atoms with Crippen LogP contribution in [0.5, 0.6) is 0 Å². The molecule has 7 heteroatoms. The van der Waals surface area contributed by atoms with Gasteiger partial charge in [-0.25, -0.2) is 0 Å². The van der Waals surface area contributed by atoms with E-state index in [0.29, 0.717) is 0 Å². The van der Waals surface area contributed by atoms with Crippen LogP contribution >= 0.6 is 0 Å². The summed E-state index contributed by atoms with van der Waals surface area (Å²) in [5.41, 5.74) is 0. The molecule has 0 unspecified atom stereocenters. The Balaban J connectivity index is -0.000000116. The smallest absolute Gasteiger partial charge is 0.876 e. The van der Waals surface area contributed by atoms with Gasteiger partial charge >= 0.3 is 19.5 Å². The second kappa shape index (κ2) is 19.0. The number of allylic oxidation sites excluding steroid dienone is 4. The van der Waals surface area contributed by atoms with Gasteiger partial charge in [-0.3, -0.25) is 9.59 Å². The quantitative estimate of drug-likeness (QED) is 0.351. The zero-order chi connectivity index (χ0) is 18.3. The molecule has 0 aliphatic rings. The molecule has 0 spiro atoms. The van der Waals surface area contributed by atoms with Gasteiger partial charge < -0.3 is 20.0 Å². The minimum Gasteiger partial charge on any atom is -0.876 e. The van der Waals surface area contributed by atoms with E-state index >= 15 is 0 Å². The number of hydrogen-bond donors (Lipinski definition) is 0. The van der Waals surface area contributed by atoms with E-state index in [1.165, 1.54) is 27.7 Å². The molecule has 0 saturated heterocycles. The van der Waals surface area contributed by atoms with Gasteiger partial charge in [0.1, 0.15) is 0 Å². The molecular formula is C16H30N2O4Ru+2. The molecule has 0 aliphatic carbocycles. The molecule has 0 aromatic rings. The van der Waals surface area contributed by atoms with Crippen molar-refractivity contribution in [2.24, 2.45) is 0 Å². The Bertz CT molecular complexity index is 334. The first-order valence-electron chi connectivity index (χ1n) is 6.89. The van der Waals surface area contributed by atoms with Crippen molar-refractivity contribution in [2.45, 2.75) is 27.7 Å². The van der Waals surface area contributed by atoms with E-state index in [-0.39, 0.29) is 42.6 Å². The Morgan fingerprint density at radius 3 is 1.00 bits per heavy atom. The van der Waals surface area contributed by atoms with Crippen LogP contribution in [0.15, 0.2) is 23.7 Å². The number of likely N-dealkylation sites (N-methyl/N-ethyl adjacent to an activating group) is 2. The molecule has 0 atom stereocenters. The average molecular weight is 415 g/mol. The monoisotopic (exact) mass is 416 g/mol. The van der Waals surface area contributed by atoms with Crippen molar-refractivity contribution in [3.63, 3.8) is 0 Å². The molecule has 23 heavy (non-hydrogen) atoms. The van der Waals surface area contributed by atoms with Gasteiger partial charge in [-0.05, 0) is 54.2 Å². The van der Waals surface area contributed by atoms with Crippen molar-refractivity contribution >= 4 is 11.6 Å². The first-order valence-corrected chi connectivity index (χ1v) is 6.89. The Kier molecular flexibility index (Phi) is 24.7. The largest absolute Gasteiger partial charge is 4.00 e. The van der Waals surface area contributed by atoms with Gasteiger partial charge in [0.2, 0.25) is 0 Å². The van der Waals surface area contributed by atoms with Gasteiger partial charge in [-0.1, -0.05) is 13.8 Å². The van der Waals surface area contributed by atoms with Gasteiger partial charge in [0.15, 0.2) is 11.6 Å². The number of rotatable bonds is 5. The van der Waals surface area contributed by atoms with Crippen LogP contribution in [0.3, 0.4) is 0 Å². The van der Waals surface area contributed by atoms with Crippen LogP contribution < -0.4 is 10.2 Å². The molecule has 0 amide bonds. The number of carbonyl (C=O) groups excluding carboxylic acids is 2. The van der Waals surface area contributed by atoms with Crippen molar-refractivity contribution in [1.82, 2.24) is 9.80 Å². The van der Waals surface area contributed by atoms with E-state index in [1.807, 2.05) is 0 Å². The molecule has 0 aromatic carbocycles. The van der Waals surface area contributed by atoms with Gasteiger partial charge in [0, 0.05) is 13.1 Å². The Morgan fingerprint density at radius 1 is 0.739 bits per heavy atom. The van der Waals surface area contributed by atoms with Crippen LogP contribution in [0.2, 0.25) is 0 Å². The van der Waals surface area contributed by atoms with Crippen molar-refractivity contribution < 1.29 is 39.3 Å². The Labute approximate surface area is 153 Å². The van der Waals surface area contributed by atoms with Crippen molar-refractivity contribution in [1.29, 1.82) is 0 Å². The molecule has 0 fully saturated rings. The normalized spacial score (nSPS) is 10.9. The summed E-state index contributed by atoms with van der Waals surface area (Å²) in [6.45, 7) is 7.69. The van der Waals surface area contributed by atoms with E-state index in [1.54, 1.807) is 0 Å². The summed E-state index contributed by atoms with van der Waals surface area (Å²) in [5, 5.41) is 20.0. The summed E-state index contributed by atoms with van der Waals surface area (Å²) in [5.74, 6) is -0.750. The maximum atomic E-state index is 9.98. The average Bonchev–Trinajstić information content (AvgIpc) is 2.23. The fraction of sp³-hybridized carbons (Fsp3) is 0.625. The first-order chi connectivity index (χ1) is 9.88. The van der Waals surface area contributed by atoms with Crippen LogP contribution in [0.4, 0.5) is 0 Å². The van der Waals surface area contributed by atoms with Crippen molar-refractivity contribution in [3.05, 3.63) is 23.7 Å². The molecule has 0 bridgehead atoms. The Hall–Kier alpha value is -1.04. The first kappa shape index (κ1) is 29.9. The fourth-order valence-electron chi connectivity index (χ4n) is 0.972. The summed E-state index contributed by atoms with van der Waals surface area (Å²) in [4.78, 5) is 24.3. The molecule has 134 valence electrons. The third kappa shape index (κ3) is 52.7. The molecule has 0 saturated carbocycles. The topological polar surface area (TPSA) is 86.7 Å². The van der Waals surface area contributed by atoms with Crippen molar-refractivity contribution in [3.8, 4) is 0 Å². The number of carbonyl (C=O) groups is 2. The zero-order valence-electron chi connectivity index (χ0n) is 15.4. The van der Waals surface area contributed by atoms with E-state index < -0.39 is 0 Å². The molecule has 0 aromatic heterocycles. The molecule has 6 nitrogen and oxygen atoms in total. The fourth-order valence-corrected chi connectivity index (χ4v) is 0.972. The maximum absolute atomic E-state index is 9.98. The van der Waals surface area contributed by atoms with E-state index in [4.69, 9.17) is 0 Å². The van der Waals surface area contributed by atoms with Crippen LogP contribution in [0, 0.1) is 0 Å². The molecule has 0 rings (SSSR count). The predicted molar refractivity (Wildman–Crippen MR) is 86.0 cm³/mol. The summed E-state index contributed by atoms with van der Waals surface area (Å²) in [7, 11) is 8.35. The maximum Gasteiger partial charge on any atom is 4.00 e. The molecular weight excluding hydrogens is 385 g/mol. The summed E-state index contributed by atoms with van der Waals surface area (Å²) < 4.78 is 0. The molecule has 0 radical (unpaired) electrons. The number of hydrogen-bond acceptors (Lipinski definition) is 6. The zero-order valence-corrected chi connectivity index (χ0v) is 17.2. The van der Waals surface area contributed by atoms with E-state index in [2.05, 4.69) is 38.0 Å². The molecule has 0 aliphatic heterocycles. The predicted octanol–water partition coefficient (Wildman–Crippen LogP) is -0.214. The van der Waals surface area contributed by atoms with E-state index in [9.17, 15) is 19.8 Å². The summed E-state index contributed by atoms with van der Waals surface area (Å²) >= 11 is 0. The number of ketones is 2. The standard InChI is InChI=1S/C6H16N2.2C5H8O2.Ru/c1-7(2)5-6-8(3)4;2*1-4(6)3-5(2)7;/h5-6H2,1-4H3;2*3,6H,1-2H3;/q;;;+4/p-2/b;2*4-3-;. The van der Waals surface area contributed by atoms with Crippen LogP contribution in [0.25, 0.3) is 0 Å². The van der Waals surface area contributed by atoms with Gasteiger partial charge in [-0.15, -0.1) is 11.5 Å². The van der Waals surface area contributed by atoms with Crippen LogP contribution in [-0.2, 0) is 29.1 Å². The SMILES string of the molecule is CC(=O)/C=C(/C)[O-].CC(=O)/C=C(/C)[O-].CN(C)CCN(C)C.[Ru+4].